The number of nitrogens with one attached hydrogen (secondary N) is 1. The number of carbonyl (C=O) groups is 1. The summed E-state index contributed by atoms with van der Waals surface area (Å²) in [7, 11) is 0. The van der Waals surface area contributed by atoms with Gasteiger partial charge in [0.2, 0.25) is 5.91 Å². The highest BCUT2D eigenvalue weighted by Gasteiger charge is 2.27. The summed E-state index contributed by atoms with van der Waals surface area (Å²) in [4.78, 5) is 21.8. The predicted molar refractivity (Wildman–Crippen MR) is 110 cm³/mol. The van der Waals surface area contributed by atoms with E-state index >= 15 is 0 Å². The summed E-state index contributed by atoms with van der Waals surface area (Å²) in [6.45, 7) is 12.7. The van der Waals surface area contributed by atoms with Gasteiger partial charge in [-0.25, -0.2) is 4.98 Å². The maximum absolute atomic E-state index is 12.4. The van der Waals surface area contributed by atoms with Gasteiger partial charge in [0.1, 0.15) is 5.01 Å². The highest BCUT2D eigenvalue weighted by atomic mass is 32.1. The van der Waals surface area contributed by atoms with Crippen LogP contribution in [0.15, 0.2) is 22.2 Å². The van der Waals surface area contributed by atoms with Crippen molar-refractivity contribution in [2.45, 2.75) is 45.8 Å². The van der Waals surface area contributed by atoms with Crippen molar-refractivity contribution < 1.29 is 4.79 Å². The van der Waals surface area contributed by atoms with Crippen molar-refractivity contribution in [3.8, 4) is 10.6 Å². The summed E-state index contributed by atoms with van der Waals surface area (Å²) in [6, 6.07) is 2.04. The normalized spacial score (nSPS) is 18.0. The Balaban J connectivity index is 1.49. The average Bonchev–Trinajstić information content (AvgIpc) is 3.24. The van der Waals surface area contributed by atoms with Crippen LogP contribution in [0.1, 0.15) is 33.4 Å². The molecule has 0 aliphatic carbocycles. The summed E-state index contributed by atoms with van der Waals surface area (Å²) in [6.07, 6.45) is 0. The van der Waals surface area contributed by atoms with Crippen LogP contribution in [0.4, 0.5) is 0 Å². The molecule has 2 aromatic heterocycles. The van der Waals surface area contributed by atoms with Crippen molar-refractivity contribution in [2.24, 2.45) is 0 Å². The van der Waals surface area contributed by atoms with E-state index in [9.17, 15) is 4.79 Å². The second-order valence-electron chi connectivity index (χ2n) is 7.88. The smallest absolute Gasteiger partial charge is 0.237 e. The van der Waals surface area contributed by atoms with E-state index in [-0.39, 0.29) is 17.5 Å². The Kier molecular flexibility index (Phi) is 6.12. The third-order valence-electron chi connectivity index (χ3n) is 4.54. The lowest BCUT2D eigenvalue weighted by molar-refractivity contribution is -0.128. The van der Waals surface area contributed by atoms with Crippen LogP contribution >= 0.6 is 22.7 Å². The largest absolute Gasteiger partial charge is 0.350 e. The van der Waals surface area contributed by atoms with Crippen LogP contribution < -0.4 is 5.32 Å². The zero-order valence-corrected chi connectivity index (χ0v) is 17.6. The van der Waals surface area contributed by atoms with Crippen molar-refractivity contribution >= 4 is 28.6 Å². The van der Waals surface area contributed by atoms with Gasteiger partial charge >= 0.3 is 0 Å². The molecule has 0 radical (unpaired) electrons. The molecule has 1 aliphatic heterocycles. The summed E-state index contributed by atoms with van der Waals surface area (Å²) in [5.41, 5.74) is 2.18. The fourth-order valence-electron chi connectivity index (χ4n) is 3.08. The molecule has 1 atom stereocenters. The van der Waals surface area contributed by atoms with E-state index in [1.807, 2.05) is 27.7 Å². The first-order chi connectivity index (χ1) is 12.3. The molecule has 1 N–H and O–H groups in total. The number of carbonyl (C=O) groups excluding carboxylic acids is 1. The second-order valence-corrected chi connectivity index (χ2v) is 9.52. The lowest BCUT2D eigenvalue weighted by Gasteiger charge is -2.38. The molecule has 3 heterocycles. The molecule has 0 unspecified atom stereocenters. The Morgan fingerprint density at radius 2 is 2.00 bits per heavy atom. The molecule has 0 spiro atoms. The molecule has 0 aromatic carbocycles. The van der Waals surface area contributed by atoms with E-state index in [0.29, 0.717) is 0 Å². The Morgan fingerprint density at radius 1 is 1.27 bits per heavy atom. The van der Waals surface area contributed by atoms with Crippen LogP contribution in [0.5, 0.6) is 0 Å². The molecule has 3 rings (SSSR count). The van der Waals surface area contributed by atoms with Gasteiger partial charge < -0.3 is 5.32 Å². The van der Waals surface area contributed by atoms with E-state index in [2.05, 4.69) is 37.3 Å². The van der Waals surface area contributed by atoms with Crippen LogP contribution in [0.2, 0.25) is 0 Å². The first-order valence-corrected chi connectivity index (χ1v) is 10.9. The molecule has 1 aliphatic rings. The van der Waals surface area contributed by atoms with Gasteiger partial charge in [-0.3, -0.25) is 14.6 Å². The summed E-state index contributed by atoms with van der Waals surface area (Å²) >= 11 is 3.42. The summed E-state index contributed by atoms with van der Waals surface area (Å²) < 4.78 is 0. The maximum atomic E-state index is 12.4. The number of aromatic nitrogens is 1. The molecular formula is C19H28N4OS2. The molecule has 7 heteroatoms. The minimum atomic E-state index is -0.183. The predicted octanol–water partition coefficient (Wildman–Crippen LogP) is 3.29. The number of hydrogen-bond acceptors (Lipinski definition) is 6. The van der Waals surface area contributed by atoms with Crippen molar-refractivity contribution in [1.29, 1.82) is 0 Å². The van der Waals surface area contributed by atoms with E-state index in [1.54, 1.807) is 22.7 Å². The van der Waals surface area contributed by atoms with Crippen LogP contribution in [0.25, 0.3) is 10.6 Å². The zero-order chi connectivity index (χ0) is 18.7. The molecule has 26 heavy (non-hydrogen) atoms. The van der Waals surface area contributed by atoms with Gasteiger partial charge in [0.25, 0.3) is 0 Å². The Labute approximate surface area is 164 Å². The SMILES string of the molecule is C[C@H](C(=O)NC(C)(C)C)N1CCN(Cc2csc(-c3ccsc3)n2)CC1. The molecule has 1 amide bonds. The average molecular weight is 393 g/mol. The topological polar surface area (TPSA) is 48.5 Å². The number of nitrogens with zero attached hydrogens (tertiary/aromatic N) is 3. The number of rotatable bonds is 5. The molecular weight excluding hydrogens is 364 g/mol. The van der Waals surface area contributed by atoms with Crippen LogP contribution in [0.3, 0.4) is 0 Å². The number of piperazine rings is 1. The van der Waals surface area contributed by atoms with Crippen LogP contribution in [0, 0.1) is 0 Å². The molecule has 1 saturated heterocycles. The Hall–Kier alpha value is -1.28. The van der Waals surface area contributed by atoms with Crippen molar-refractivity contribution in [3.63, 3.8) is 0 Å². The first-order valence-electron chi connectivity index (χ1n) is 9.07. The van der Waals surface area contributed by atoms with Crippen molar-refractivity contribution in [2.75, 3.05) is 26.2 Å². The van der Waals surface area contributed by atoms with E-state index < -0.39 is 0 Å². The molecule has 0 bridgehead atoms. The standard InChI is InChI=1S/C19H28N4OS2/c1-14(17(24)21-19(2,3)4)23-8-6-22(7-9-23)11-16-13-26-18(20-16)15-5-10-25-12-15/h5,10,12-14H,6-9,11H2,1-4H3,(H,21,24)/t14-/m1/s1. The number of thiazole rings is 1. The van der Waals surface area contributed by atoms with Crippen molar-refractivity contribution in [1.82, 2.24) is 20.1 Å². The van der Waals surface area contributed by atoms with E-state index in [0.717, 1.165) is 43.4 Å². The number of amides is 1. The lowest BCUT2D eigenvalue weighted by Crippen LogP contribution is -2.56. The Bertz CT molecular complexity index is 712. The third kappa shape index (κ3) is 5.13. The Morgan fingerprint density at radius 3 is 2.62 bits per heavy atom. The molecule has 1 fully saturated rings. The van der Waals surface area contributed by atoms with E-state index in [1.165, 1.54) is 5.56 Å². The summed E-state index contributed by atoms with van der Waals surface area (Å²) in [5.74, 6) is 0.117. The van der Waals surface area contributed by atoms with Crippen molar-refractivity contribution in [3.05, 3.63) is 27.9 Å². The van der Waals surface area contributed by atoms with Gasteiger partial charge in [-0.2, -0.15) is 11.3 Å². The quantitative estimate of drug-likeness (QED) is 0.848. The maximum Gasteiger partial charge on any atom is 0.237 e. The number of thiophene rings is 1. The van der Waals surface area contributed by atoms with Gasteiger partial charge in [-0.1, -0.05) is 0 Å². The number of hydrogen-bond donors (Lipinski definition) is 1. The monoisotopic (exact) mass is 392 g/mol. The molecule has 142 valence electrons. The van der Waals surface area contributed by atoms with Gasteiger partial charge in [0, 0.05) is 54.6 Å². The fraction of sp³-hybridized carbons (Fsp3) is 0.579. The molecule has 5 nitrogen and oxygen atoms in total. The van der Waals surface area contributed by atoms with Gasteiger partial charge in [-0.05, 0) is 39.1 Å². The minimum Gasteiger partial charge on any atom is -0.350 e. The third-order valence-corrected chi connectivity index (χ3v) is 6.16. The fourth-order valence-corrected chi connectivity index (χ4v) is 4.60. The van der Waals surface area contributed by atoms with Gasteiger partial charge in [0.15, 0.2) is 0 Å². The summed E-state index contributed by atoms with van der Waals surface area (Å²) in [5, 5.41) is 10.6. The first kappa shape index (κ1) is 19.5. The van der Waals surface area contributed by atoms with Crippen LogP contribution in [-0.4, -0.2) is 58.5 Å². The van der Waals surface area contributed by atoms with E-state index in [4.69, 9.17) is 4.98 Å². The highest BCUT2D eigenvalue weighted by molar-refractivity contribution is 7.14. The molecule has 0 saturated carbocycles. The van der Waals surface area contributed by atoms with Gasteiger partial charge in [-0.15, -0.1) is 11.3 Å². The molecule has 2 aromatic rings. The lowest BCUT2D eigenvalue weighted by atomic mass is 10.1. The van der Waals surface area contributed by atoms with Gasteiger partial charge in [0.05, 0.1) is 11.7 Å². The van der Waals surface area contributed by atoms with Crippen LogP contribution in [-0.2, 0) is 11.3 Å². The highest BCUT2D eigenvalue weighted by Crippen LogP contribution is 2.26. The second kappa shape index (κ2) is 8.17. The zero-order valence-electron chi connectivity index (χ0n) is 16.0. The minimum absolute atomic E-state index is 0.0826.